The molecule has 0 radical (unpaired) electrons. The Bertz CT molecular complexity index is 873. The molecule has 1 saturated heterocycles. The van der Waals surface area contributed by atoms with E-state index in [1.54, 1.807) is 47.4 Å². The standard InChI is InChI=1S/C19H16N2O4/c22-18(11-10-14-5-1-2-8-17(14)21(24)25)15-6-3-7-16(13-15)20-12-4-9-19(20)23/h1-3,5-8,10-11,13H,4,9,12H2/b11-10+. The van der Waals surface area contributed by atoms with Crippen LogP contribution in [-0.2, 0) is 4.79 Å². The van der Waals surface area contributed by atoms with Crippen LogP contribution in [0.25, 0.3) is 6.08 Å². The molecule has 1 aliphatic rings. The smallest absolute Gasteiger partial charge is 0.276 e. The maximum atomic E-state index is 12.4. The number of anilines is 1. The quantitative estimate of drug-likeness (QED) is 0.361. The summed E-state index contributed by atoms with van der Waals surface area (Å²) in [6.45, 7) is 0.655. The van der Waals surface area contributed by atoms with E-state index in [2.05, 4.69) is 0 Å². The number of nitro groups is 1. The van der Waals surface area contributed by atoms with Crippen LogP contribution in [0, 0.1) is 10.1 Å². The van der Waals surface area contributed by atoms with Gasteiger partial charge in [0, 0.05) is 30.3 Å². The minimum absolute atomic E-state index is 0.0528. The maximum Gasteiger partial charge on any atom is 0.276 e. The zero-order valence-corrected chi connectivity index (χ0v) is 13.4. The Labute approximate surface area is 144 Å². The number of nitrogens with zero attached hydrogens (tertiary/aromatic N) is 2. The first-order valence-corrected chi connectivity index (χ1v) is 7.92. The summed E-state index contributed by atoms with van der Waals surface area (Å²) in [5.74, 6) is -0.216. The van der Waals surface area contributed by atoms with Crippen molar-refractivity contribution in [2.24, 2.45) is 0 Å². The SMILES string of the molecule is O=C(/C=C/c1ccccc1[N+](=O)[O-])c1cccc(N2CCCC2=O)c1. The van der Waals surface area contributed by atoms with Crippen LogP contribution in [0.4, 0.5) is 11.4 Å². The number of allylic oxidation sites excluding steroid dienone is 1. The number of hydrogen-bond donors (Lipinski definition) is 0. The topological polar surface area (TPSA) is 80.5 Å². The van der Waals surface area contributed by atoms with Crippen LogP contribution in [0.3, 0.4) is 0 Å². The van der Waals surface area contributed by atoms with E-state index in [1.807, 2.05) is 0 Å². The average Bonchev–Trinajstić information content (AvgIpc) is 3.06. The molecule has 1 aliphatic heterocycles. The van der Waals surface area contributed by atoms with Gasteiger partial charge in [0.2, 0.25) is 5.91 Å². The van der Waals surface area contributed by atoms with E-state index in [4.69, 9.17) is 0 Å². The van der Waals surface area contributed by atoms with Gasteiger partial charge in [-0.3, -0.25) is 19.7 Å². The highest BCUT2D eigenvalue weighted by atomic mass is 16.6. The van der Waals surface area contributed by atoms with Gasteiger partial charge in [-0.05, 0) is 36.8 Å². The lowest BCUT2D eigenvalue weighted by molar-refractivity contribution is -0.385. The Hall–Kier alpha value is -3.28. The number of hydrogen-bond acceptors (Lipinski definition) is 4. The minimum atomic E-state index is -0.482. The second kappa shape index (κ2) is 7.09. The fraction of sp³-hybridized carbons (Fsp3) is 0.158. The molecule has 1 fully saturated rings. The van der Waals surface area contributed by atoms with Crippen molar-refractivity contribution >= 4 is 29.1 Å². The van der Waals surface area contributed by atoms with E-state index in [9.17, 15) is 19.7 Å². The van der Waals surface area contributed by atoms with Crippen LogP contribution >= 0.6 is 0 Å². The molecule has 126 valence electrons. The van der Waals surface area contributed by atoms with Gasteiger partial charge in [0.25, 0.3) is 5.69 Å². The molecule has 25 heavy (non-hydrogen) atoms. The van der Waals surface area contributed by atoms with Gasteiger partial charge in [0.1, 0.15) is 0 Å². The van der Waals surface area contributed by atoms with Crippen molar-refractivity contribution in [2.45, 2.75) is 12.8 Å². The number of ketones is 1. The van der Waals surface area contributed by atoms with Crippen molar-refractivity contribution in [3.05, 3.63) is 75.8 Å². The number of para-hydroxylation sites is 1. The molecule has 6 nitrogen and oxygen atoms in total. The highest BCUT2D eigenvalue weighted by Crippen LogP contribution is 2.23. The van der Waals surface area contributed by atoms with Crippen LogP contribution in [-0.4, -0.2) is 23.2 Å². The molecule has 0 spiro atoms. The lowest BCUT2D eigenvalue weighted by Gasteiger charge is -2.16. The van der Waals surface area contributed by atoms with Gasteiger partial charge in [-0.1, -0.05) is 24.3 Å². The molecule has 2 aromatic carbocycles. The second-order valence-corrected chi connectivity index (χ2v) is 5.71. The largest absolute Gasteiger partial charge is 0.312 e. The van der Waals surface area contributed by atoms with Crippen LogP contribution in [0.2, 0.25) is 0 Å². The Morgan fingerprint density at radius 1 is 1.16 bits per heavy atom. The number of amides is 1. The summed E-state index contributed by atoms with van der Waals surface area (Å²) in [6.07, 6.45) is 4.09. The third-order valence-corrected chi connectivity index (χ3v) is 4.06. The number of rotatable bonds is 5. The third-order valence-electron chi connectivity index (χ3n) is 4.06. The molecule has 0 aromatic heterocycles. The monoisotopic (exact) mass is 336 g/mol. The first-order valence-electron chi connectivity index (χ1n) is 7.92. The summed E-state index contributed by atoms with van der Waals surface area (Å²) in [6, 6.07) is 13.1. The number of carbonyl (C=O) groups excluding carboxylic acids is 2. The molecule has 0 atom stereocenters. The van der Waals surface area contributed by atoms with E-state index in [0.29, 0.717) is 29.8 Å². The number of benzene rings is 2. The second-order valence-electron chi connectivity index (χ2n) is 5.71. The van der Waals surface area contributed by atoms with Gasteiger partial charge in [-0.25, -0.2) is 0 Å². The molecule has 0 bridgehead atoms. The van der Waals surface area contributed by atoms with E-state index in [-0.39, 0.29) is 17.4 Å². The van der Waals surface area contributed by atoms with Crippen molar-refractivity contribution in [2.75, 3.05) is 11.4 Å². The summed E-state index contributed by atoms with van der Waals surface area (Å²) >= 11 is 0. The summed E-state index contributed by atoms with van der Waals surface area (Å²) in [4.78, 5) is 36.4. The van der Waals surface area contributed by atoms with Crippen LogP contribution in [0.1, 0.15) is 28.8 Å². The Balaban J connectivity index is 1.82. The van der Waals surface area contributed by atoms with E-state index < -0.39 is 4.92 Å². The molecule has 1 amide bonds. The normalized spacial score (nSPS) is 14.2. The number of nitro benzene ring substituents is 1. The summed E-state index contributed by atoms with van der Waals surface area (Å²) in [5.41, 5.74) is 1.45. The van der Waals surface area contributed by atoms with E-state index in [0.717, 1.165) is 6.42 Å². The zero-order chi connectivity index (χ0) is 17.8. The van der Waals surface area contributed by atoms with Crippen LogP contribution in [0.15, 0.2) is 54.6 Å². The highest BCUT2D eigenvalue weighted by molar-refractivity contribution is 6.08. The van der Waals surface area contributed by atoms with Gasteiger partial charge >= 0.3 is 0 Å². The molecule has 0 saturated carbocycles. The van der Waals surface area contributed by atoms with E-state index >= 15 is 0 Å². The highest BCUT2D eigenvalue weighted by Gasteiger charge is 2.22. The molecule has 0 N–H and O–H groups in total. The lowest BCUT2D eigenvalue weighted by atomic mass is 10.1. The minimum Gasteiger partial charge on any atom is -0.312 e. The van der Waals surface area contributed by atoms with Gasteiger partial charge in [-0.2, -0.15) is 0 Å². The summed E-state index contributed by atoms with van der Waals surface area (Å²) in [7, 11) is 0. The molecule has 0 unspecified atom stereocenters. The predicted molar refractivity (Wildman–Crippen MR) is 94.5 cm³/mol. The molecule has 1 heterocycles. The first kappa shape index (κ1) is 16.6. The van der Waals surface area contributed by atoms with E-state index in [1.165, 1.54) is 18.2 Å². The van der Waals surface area contributed by atoms with Crippen molar-refractivity contribution in [1.29, 1.82) is 0 Å². The lowest BCUT2D eigenvalue weighted by Crippen LogP contribution is -2.23. The van der Waals surface area contributed by atoms with Gasteiger partial charge < -0.3 is 4.90 Å². The van der Waals surface area contributed by atoms with Gasteiger partial charge in [0.15, 0.2) is 5.78 Å². The van der Waals surface area contributed by atoms with Crippen LogP contribution < -0.4 is 4.90 Å². The average molecular weight is 336 g/mol. The number of carbonyl (C=O) groups is 2. The third kappa shape index (κ3) is 3.63. The van der Waals surface area contributed by atoms with Crippen molar-refractivity contribution < 1.29 is 14.5 Å². The maximum absolute atomic E-state index is 12.4. The van der Waals surface area contributed by atoms with Crippen molar-refractivity contribution in [1.82, 2.24) is 0 Å². The summed E-state index contributed by atoms with van der Waals surface area (Å²) < 4.78 is 0. The molecule has 3 rings (SSSR count). The molecular formula is C19H16N2O4. The Morgan fingerprint density at radius 3 is 2.68 bits per heavy atom. The molecule has 0 aliphatic carbocycles. The van der Waals surface area contributed by atoms with Gasteiger partial charge in [-0.15, -0.1) is 0 Å². The first-order chi connectivity index (χ1) is 12.1. The Morgan fingerprint density at radius 2 is 1.96 bits per heavy atom. The molecular weight excluding hydrogens is 320 g/mol. The summed E-state index contributed by atoms with van der Waals surface area (Å²) in [5, 5.41) is 11.0. The fourth-order valence-electron chi connectivity index (χ4n) is 2.80. The predicted octanol–water partition coefficient (Wildman–Crippen LogP) is 3.62. The van der Waals surface area contributed by atoms with Crippen molar-refractivity contribution in [3.63, 3.8) is 0 Å². The van der Waals surface area contributed by atoms with Crippen molar-refractivity contribution in [3.8, 4) is 0 Å². The molecule has 2 aromatic rings. The Kier molecular flexibility index (Phi) is 4.70. The zero-order valence-electron chi connectivity index (χ0n) is 13.4. The van der Waals surface area contributed by atoms with Gasteiger partial charge in [0.05, 0.1) is 10.5 Å². The van der Waals surface area contributed by atoms with Crippen LogP contribution in [0.5, 0.6) is 0 Å². The molecule has 6 heteroatoms. The fourth-order valence-corrected chi connectivity index (χ4v) is 2.80.